The van der Waals surface area contributed by atoms with Gasteiger partial charge in [-0.15, -0.1) is 0 Å². The second kappa shape index (κ2) is 8.18. The minimum atomic E-state index is -0.244. The fraction of sp³-hybridized carbons (Fsp3) is 0.333. The lowest BCUT2D eigenvalue weighted by Crippen LogP contribution is -2.16. The summed E-state index contributed by atoms with van der Waals surface area (Å²) in [6, 6.07) is 10.4. The van der Waals surface area contributed by atoms with Gasteiger partial charge in [0.15, 0.2) is 11.5 Å². The topological polar surface area (TPSA) is 44.5 Å². The lowest BCUT2D eigenvalue weighted by molar-refractivity contribution is 0.311. The molecule has 0 saturated carbocycles. The zero-order valence-electron chi connectivity index (χ0n) is 13.3. The van der Waals surface area contributed by atoms with Gasteiger partial charge in [0.25, 0.3) is 0 Å². The highest BCUT2D eigenvalue weighted by Gasteiger charge is 2.17. The molecule has 0 radical (unpaired) electrons. The normalized spacial score (nSPS) is 12.0. The minimum Gasteiger partial charge on any atom is -0.493 e. The van der Waals surface area contributed by atoms with E-state index in [1.54, 1.807) is 19.2 Å². The summed E-state index contributed by atoms with van der Waals surface area (Å²) in [5.74, 6) is 0.719. The molecular formula is C18H21ClFNO2. The third-order valence-corrected chi connectivity index (χ3v) is 3.97. The average molecular weight is 338 g/mol. The molecule has 0 aliphatic carbocycles. The van der Waals surface area contributed by atoms with Crippen LogP contribution in [0.1, 0.15) is 24.0 Å². The first-order valence-electron chi connectivity index (χ1n) is 7.54. The standard InChI is InChI=1S/C18H21ClFNO2/c1-3-23-18-15(19)9-12(10-17(18)22-2)8-13(11-21)14-6-4-5-7-16(14)20/h4-7,9-10,13H,3,8,11,21H2,1-2H3. The zero-order valence-corrected chi connectivity index (χ0v) is 14.1. The van der Waals surface area contributed by atoms with E-state index in [0.717, 1.165) is 5.56 Å². The summed E-state index contributed by atoms with van der Waals surface area (Å²) in [4.78, 5) is 0. The molecule has 1 unspecified atom stereocenters. The lowest BCUT2D eigenvalue weighted by Gasteiger charge is -2.18. The van der Waals surface area contributed by atoms with Crippen molar-refractivity contribution in [1.82, 2.24) is 0 Å². The van der Waals surface area contributed by atoms with Gasteiger partial charge in [0.05, 0.1) is 18.7 Å². The SMILES string of the molecule is CCOc1c(Cl)cc(CC(CN)c2ccccc2F)cc1OC. The zero-order chi connectivity index (χ0) is 16.8. The molecule has 2 rings (SSSR count). The first-order chi connectivity index (χ1) is 11.1. The minimum absolute atomic E-state index is 0.130. The molecule has 0 aromatic heterocycles. The van der Waals surface area contributed by atoms with Gasteiger partial charge in [0.2, 0.25) is 0 Å². The van der Waals surface area contributed by atoms with Crippen molar-refractivity contribution in [2.24, 2.45) is 5.73 Å². The highest BCUT2D eigenvalue weighted by atomic mass is 35.5. The Kier molecular flexibility index (Phi) is 6.25. The van der Waals surface area contributed by atoms with Crippen molar-refractivity contribution in [2.45, 2.75) is 19.3 Å². The third-order valence-electron chi connectivity index (χ3n) is 3.69. The molecule has 2 N–H and O–H groups in total. The average Bonchev–Trinajstić information content (AvgIpc) is 2.55. The van der Waals surface area contributed by atoms with Crippen LogP contribution in [0.3, 0.4) is 0 Å². The second-order valence-corrected chi connectivity index (χ2v) is 5.61. The van der Waals surface area contributed by atoms with Crippen LogP contribution in [0.2, 0.25) is 5.02 Å². The number of hydrogen-bond donors (Lipinski definition) is 1. The Morgan fingerprint density at radius 2 is 2.00 bits per heavy atom. The summed E-state index contributed by atoms with van der Waals surface area (Å²) in [6.45, 7) is 2.72. The summed E-state index contributed by atoms with van der Waals surface area (Å²) in [5, 5.41) is 0.477. The summed E-state index contributed by atoms with van der Waals surface area (Å²) in [6.07, 6.45) is 0.569. The molecule has 23 heavy (non-hydrogen) atoms. The molecule has 0 saturated heterocycles. The predicted molar refractivity (Wildman–Crippen MR) is 91.1 cm³/mol. The maximum absolute atomic E-state index is 14.0. The van der Waals surface area contributed by atoms with Gasteiger partial charge in [-0.25, -0.2) is 4.39 Å². The maximum Gasteiger partial charge on any atom is 0.179 e. The van der Waals surface area contributed by atoms with Gasteiger partial charge >= 0.3 is 0 Å². The van der Waals surface area contributed by atoms with Crippen LogP contribution in [0.4, 0.5) is 4.39 Å². The monoisotopic (exact) mass is 337 g/mol. The van der Waals surface area contributed by atoms with E-state index in [4.69, 9.17) is 26.8 Å². The molecule has 0 amide bonds. The quantitative estimate of drug-likeness (QED) is 0.824. The fourth-order valence-corrected chi connectivity index (χ4v) is 2.87. The molecule has 5 heteroatoms. The van der Waals surface area contributed by atoms with Crippen molar-refractivity contribution >= 4 is 11.6 Å². The Morgan fingerprint density at radius 3 is 2.61 bits per heavy atom. The van der Waals surface area contributed by atoms with Crippen LogP contribution >= 0.6 is 11.6 Å². The highest BCUT2D eigenvalue weighted by Crippen LogP contribution is 2.37. The summed E-state index contributed by atoms with van der Waals surface area (Å²) in [5.41, 5.74) is 7.39. The number of rotatable bonds is 7. The van der Waals surface area contributed by atoms with Crippen molar-refractivity contribution in [3.8, 4) is 11.5 Å². The predicted octanol–water partition coefficient (Wildman–Crippen LogP) is 4.17. The number of nitrogens with two attached hydrogens (primary N) is 1. The molecule has 2 aromatic carbocycles. The summed E-state index contributed by atoms with van der Waals surface area (Å²) >= 11 is 6.29. The largest absolute Gasteiger partial charge is 0.493 e. The lowest BCUT2D eigenvalue weighted by atomic mass is 9.91. The second-order valence-electron chi connectivity index (χ2n) is 5.20. The number of methoxy groups -OCH3 is 1. The van der Waals surface area contributed by atoms with E-state index in [1.165, 1.54) is 6.07 Å². The maximum atomic E-state index is 14.0. The number of ether oxygens (including phenoxy) is 2. The fourth-order valence-electron chi connectivity index (χ4n) is 2.59. The van der Waals surface area contributed by atoms with E-state index in [1.807, 2.05) is 25.1 Å². The Labute approximate surface area is 141 Å². The first kappa shape index (κ1) is 17.6. The first-order valence-corrected chi connectivity index (χ1v) is 7.92. The van der Waals surface area contributed by atoms with E-state index in [0.29, 0.717) is 41.7 Å². The van der Waals surface area contributed by atoms with Crippen molar-refractivity contribution in [3.63, 3.8) is 0 Å². The number of benzene rings is 2. The van der Waals surface area contributed by atoms with Crippen LogP contribution < -0.4 is 15.2 Å². The van der Waals surface area contributed by atoms with E-state index in [9.17, 15) is 4.39 Å². The van der Waals surface area contributed by atoms with Gasteiger partial charge in [0, 0.05) is 5.92 Å². The Morgan fingerprint density at radius 1 is 1.26 bits per heavy atom. The van der Waals surface area contributed by atoms with E-state index < -0.39 is 0 Å². The molecule has 0 heterocycles. The van der Waals surface area contributed by atoms with Crippen LogP contribution in [-0.2, 0) is 6.42 Å². The third kappa shape index (κ3) is 4.15. The molecule has 0 aliphatic rings. The van der Waals surface area contributed by atoms with Gasteiger partial charge in [-0.05, 0) is 49.2 Å². The molecular weight excluding hydrogens is 317 g/mol. The van der Waals surface area contributed by atoms with E-state index in [2.05, 4.69) is 0 Å². The van der Waals surface area contributed by atoms with E-state index in [-0.39, 0.29) is 11.7 Å². The Bertz CT molecular complexity index is 663. The number of hydrogen-bond acceptors (Lipinski definition) is 3. The molecule has 124 valence electrons. The molecule has 0 spiro atoms. The number of halogens is 2. The van der Waals surface area contributed by atoms with Crippen molar-refractivity contribution in [3.05, 3.63) is 58.4 Å². The van der Waals surface area contributed by atoms with Gasteiger partial charge in [-0.3, -0.25) is 0 Å². The van der Waals surface area contributed by atoms with Gasteiger partial charge < -0.3 is 15.2 Å². The van der Waals surface area contributed by atoms with Crippen LogP contribution in [0.5, 0.6) is 11.5 Å². The van der Waals surface area contributed by atoms with Crippen LogP contribution in [-0.4, -0.2) is 20.3 Å². The summed E-state index contributed by atoms with van der Waals surface area (Å²) in [7, 11) is 1.56. The molecule has 2 aromatic rings. The summed E-state index contributed by atoms with van der Waals surface area (Å²) < 4.78 is 24.8. The van der Waals surface area contributed by atoms with Crippen LogP contribution in [0.25, 0.3) is 0 Å². The van der Waals surface area contributed by atoms with Crippen molar-refractivity contribution in [2.75, 3.05) is 20.3 Å². The van der Waals surface area contributed by atoms with Crippen LogP contribution in [0.15, 0.2) is 36.4 Å². The molecule has 0 fully saturated rings. The highest BCUT2D eigenvalue weighted by molar-refractivity contribution is 6.32. The Balaban J connectivity index is 2.31. The molecule has 3 nitrogen and oxygen atoms in total. The van der Waals surface area contributed by atoms with Crippen molar-refractivity contribution < 1.29 is 13.9 Å². The van der Waals surface area contributed by atoms with Gasteiger partial charge in [-0.1, -0.05) is 29.8 Å². The Hall–Kier alpha value is -1.78. The van der Waals surface area contributed by atoms with Crippen molar-refractivity contribution in [1.29, 1.82) is 0 Å². The molecule has 0 bridgehead atoms. The van der Waals surface area contributed by atoms with Gasteiger partial charge in [-0.2, -0.15) is 0 Å². The van der Waals surface area contributed by atoms with E-state index >= 15 is 0 Å². The molecule has 1 atom stereocenters. The smallest absolute Gasteiger partial charge is 0.179 e. The van der Waals surface area contributed by atoms with Gasteiger partial charge in [0.1, 0.15) is 5.82 Å². The molecule has 0 aliphatic heterocycles. The van der Waals surface area contributed by atoms with Crippen LogP contribution in [0, 0.1) is 5.82 Å².